The van der Waals surface area contributed by atoms with Crippen molar-refractivity contribution < 1.29 is 18.8 Å². The molecule has 4 nitrogen and oxygen atoms in total. The van der Waals surface area contributed by atoms with Crippen LogP contribution in [0.25, 0.3) is 0 Å². The lowest BCUT2D eigenvalue weighted by Crippen LogP contribution is -2.50. The first-order valence-corrected chi connectivity index (χ1v) is 12.7. The SMILES string of the molecule is COC(=O)C1CC2CCC1(CCCCO[Si](C)(C)C(C)(C)C)CC2=O. The van der Waals surface area contributed by atoms with Crippen molar-refractivity contribution in [2.75, 3.05) is 13.7 Å². The Morgan fingerprint density at radius 2 is 1.96 bits per heavy atom. The number of esters is 1. The van der Waals surface area contributed by atoms with Crippen molar-refractivity contribution in [2.45, 2.75) is 83.8 Å². The van der Waals surface area contributed by atoms with E-state index >= 15 is 0 Å². The van der Waals surface area contributed by atoms with Gasteiger partial charge < -0.3 is 9.16 Å². The Bertz CT molecular complexity index is 508. The number of rotatable bonds is 7. The Kier molecular flexibility index (Phi) is 6.20. The number of unbranched alkanes of at least 4 members (excludes halogenated alkanes) is 1. The van der Waals surface area contributed by atoms with Crippen LogP contribution < -0.4 is 0 Å². The number of fused-ring (bicyclic) bond motifs is 3. The van der Waals surface area contributed by atoms with Crippen molar-refractivity contribution >= 4 is 20.1 Å². The van der Waals surface area contributed by atoms with Gasteiger partial charge in [-0.3, -0.25) is 9.59 Å². The molecule has 0 amide bonds. The minimum Gasteiger partial charge on any atom is -0.469 e. The topological polar surface area (TPSA) is 52.6 Å². The lowest BCUT2D eigenvalue weighted by atomic mass is 9.53. The van der Waals surface area contributed by atoms with E-state index in [4.69, 9.17) is 9.16 Å². The third kappa shape index (κ3) is 4.36. The smallest absolute Gasteiger partial charge is 0.309 e. The summed E-state index contributed by atoms with van der Waals surface area (Å²) in [5, 5.41) is 0.232. The molecule has 3 fully saturated rings. The van der Waals surface area contributed by atoms with Gasteiger partial charge >= 0.3 is 5.97 Å². The molecule has 0 N–H and O–H groups in total. The summed E-state index contributed by atoms with van der Waals surface area (Å²) in [6.45, 7) is 12.1. The summed E-state index contributed by atoms with van der Waals surface area (Å²) < 4.78 is 11.3. The highest BCUT2D eigenvalue weighted by Crippen LogP contribution is 2.55. The zero-order valence-electron chi connectivity index (χ0n) is 16.9. The van der Waals surface area contributed by atoms with Crippen LogP contribution in [-0.4, -0.2) is 33.8 Å². The monoisotopic (exact) mass is 368 g/mol. The Labute approximate surface area is 154 Å². The first-order valence-electron chi connectivity index (χ1n) is 9.77. The van der Waals surface area contributed by atoms with E-state index in [1.165, 1.54) is 7.11 Å². The van der Waals surface area contributed by atoms with E-state index in [-0.39, 0.29) is 28.3 Å². The Morgan fingerprint density at radius 1 is 1.28 bits per heavy atom. The van der Waals surface area contributed by atoms with Gasteiger partial charge in [0.25, 0.3) is 0 Å². The standard InChI is InChI=1S/C20H36O4Si/c1-19(2,3)25(5,6)24-12-8-7-10-20-11-9-15(17(21)14-20)13-16(20)18(22)23-4/h15-16H,7-14H2,1-6H3. The lowest BCUT2D eigenvalue weighted by Gasteiger charge is -2.50. The zero-order chi connectivity index (χ0) is 18.9. The highest BCUT2D eigenvalue weighted by atomic mass is 28.4. The second-order valence-electron chi connectivity index (χ2n) is 9.62. The normalized spacial score (nSPS) is 29.8. The highest BCUT2D eigenvalue weighted by Gasteiger charge is 2.54. The predicted octanol–water partition coefficient (Wildman–Crippen LogP) is 4.73. The number of hydrogen-bond acceptors (Lipinski definition) is 4. The van der Waals surface area contributed by atoms with Crippen molar-refractivity contribution in [3.8, 4) is 0 Å². The third-order valence-corrected chi connectivity index (χ3v) is 11.6. The molecule has 3 rings (SSSR count). The molecule has 3 unspecified atom stereocenters. The van der Waals surface area contributed by atoms with Gasteiger partial charge in [0.2, 0.25) is 0 Å². The van der Waals surface area contributed by atoms with E-state index in [2.05, 4.69) is 33.9 Å². The van der Waals surface area contributed by atoms with Crippen LogP contribution in [0, 0.1) is 17.3 Å². The summed E-state index contributed by atoms with van der Waals surface area (Å²) >= 11 is 0. The molecule has 3 aliphatic carbocycles. The molecule has 2 bridgehead atoms. The molecule has 0 aromatic rings. The minimum absolute atomic E-state index is 0.0877. The summed E-state index contributed by atoms with van der Waals surface area (Å²) in [6.07, 6.45) is 6.16. The summed E-state index contributed by atoms with van der Waals surface area (Å²) in [4.78, 5) is 24.5. The number of methoxy groups -OCH3 is 1. The average molecular weight is 369 g/mol. The van der Waals surface area contributed by atoms with Gasteiger partial charge in [0.05, 0.1) is 13.0 Å². The van der Waals surface area contributed by atoms with E-state index in [1.807, 2.05) is 0 Å². The number of ketones is 1. The van der Waals surface area contributed by atoms with Gasteiger partial charge in [0.15, 0.2) is 8.32 Å². The highest BCUT2D eigenvalue weighted by molar-refractivity contribution is 6.74. The number of carbonyl (C=O) groups is 2. The van der Waals surface area contributed by atoms with Gasteiger partial charge in [-0.2, -0.15) is 0 Å². The lowest BCUT2D eigenvalue weighted by molar-refractivity contribution is -0.162. The van der Waals surface area contributed by atoms with Crippen LogP contribution in [0.5, 0.6) is 0 Å². The Hall–Kier alpha value is -0.683. The van der Waals surface area contributed by atoms with Gasteiger partial charge in [0, 0.05) is 18.9 Å². The maximum Gasteiger partial charge on any atom is 0.309 e. The van der Waals surface area contributed by atoms with Crippen LogP contribution in [0.3, 0.4) is 0 Å². The molecule has 0 radical (unpaired) electrons. The molecule has 3 saturated carbocycles. The molecule has 0 aromatic heterocycles. The van der Waals surface area contributed by atoms with Gasteiger partial charge in [0.1, 0.15) is 5.78 Å². The molecule has 0 heterocycles. The van der Waals surface area contributed by atoms with E-state index in [0.29, 0.717) is 18.6 Å². The van der Waals surface area contributed by atoms with Crippen molar-refractivity contribution in [1.29, 1.82) is 0 Å². The van der Waals surface area contributed by atoms with Crippen molar-refractivity contribution in [3.63, 3.8) is 0 Å². The fourth-order valence-corrected chi connectivity index (χ4v) is 5.37. The van der Waals surface area contributed by atoms with E-state index in [1.54, 1.807) is 0 Å². The molecular formula is C20H36O4Si. The van der Waals surface area contributed by atoms with Gasteiger partial charge in [-0.05, 0) is 55.7 Å². The van der Waals surface area contributed by atoms with E-state index in [9.17, 15) is 9.59 Å². The number of Topliss-reactive ketones (excluding diaryl/α,β-unsaturated/α-hetero) is 1. The number of hydrogen-bond donors (Lipinski definition) is 0. The minimum atomic E-state index is -1.69. The molecule has 144 valence electrons. The molecule has 25 heavy (non-hydrogen) atoms. The molecule has 5 heteroatoms. The van der Waals surface area contributed by atoms with Gasteiger partial charge in [-0.15, -0.1) is 0 Å². The zero-order valence-corrected chi connectivity index (χ0v) is 17.9. The van der Waals surface area contributed by atoms with Crippen LogP contribution in [0.15, 0.2) is 0 Å². The quantitative estimate of drug-likeness (QED) is 0.370. The molecule has 3 atom stereocenters. The van der Waals surface area contributed by atoms with Crippen LogP contribution >= 0.6 is 0 Å². The maximum atomic E-state index is 12.3. The van der Waals surface area contributed by atoms with Gasteiger partial charge in [-0.1, -0.05) is 27.2 Å². The van der Waals surface area contributed by atoms with Gasteiger partial charge in [-0.25, -0.2) is 0 Å². The van der Waals surface area contributed by atoms with Crippen LogP contribution in [-0.2, 0) is 18.8 Å². The predicted molar refractivity (Wildman–Crippen MR) is 102 cm³/mol. The van der Waals surface area contributed by atoms with Crippen molar-refractivity contribution in [2.24, 2.45) is 17.3 Å². The molecule has 0 saturated heterocycles. The van der Waals surface area contributed by atoms with Crippen LogP contribution in [0.4, 0.5) is 0 Å². The summed E-state index contributed by atoms with van der Waals surface area (Å²) in [5.74, 6) is 0.252. The molecule has 0 aromatic carbocycles. The molecule has 0 aliphatic heterocycles. The second-order valence-corrected chi connectivity index (χ2v) is 14.4. The summed E-state index contributed by atoms with van der Waals surface area (Å²) in [7, 11) is -0.225. The third-order valence-electron chi connectivity index (χ3n) is 7.06. The summed E-state index contributed by atoms with van der Waals surface area (Å²) in [5.41, 5.74) is -0.157. The van der Waals surface area contributed by atoms with Crippen LogP contribution in [0.2, 0.25) is 18.1 Å². The second kappa shape index (κ2) is 7.51. The first kappa shape index (κ1) is 20.6. The fraction of sp³-hybridized carbons (Fsp3) is 0.900. The number of carbonyl (C=O) groups excluding carboxylic acids is 2. The molecular weight excluding hydrogens is 332 g/mol. The van der Waals surface area contributed by atoms with Crippen molar-refractivity contribution in [3.05, 3.63) is 0 Å². The number of ether oxygens (including phenoxy) is 1. The summed E-state index contributed by atoms with van der Waals surface area (Å²) in [6, 6.07) is 0. The van der Waals surface area contributed by atoms with E-state index < -0.39 is 8.32 Å². The largest absolute Gasteiger partial charge is 0.469 e. The first-order chi connectivity index (χ1) is 11.5. The molecule has 0 spiro atoms. The fourth-order valence-electron chi connectivity index (χ4n) is 4.28. The Morgan fingerprint density at radius 3 is 2.52 bits per heavy atom. The maximum absolute atomic E-state index is 12.3. The van der Waals surface area contributed by atoms with Crippen LogP contribution in [0.1, 0.15) is 65.7 Å². The van der Waals surface area contributed by atoms with E-state index in [0.717, 1.165) is 38.7 Å². The average Bonchev–Trinajstić information content (AvgIpc) is 2.53. The Balaban J connectivity index is 1.89. The molecule has 3 aliphatic rings. The van der Waals surface area contributed by atoms with Crippen molar-refractivity contribution in [1.82, 2.24) is 0 Å².